The van der Waals surface area contributed by atoms with Crippen LogP contribution in [0.2, 0.25) is 0 Å². The number of rotatable bonds is 6. The maximum atomic E-state index is 13.0. The number of hydrogen-bond acceptors (Lipinski definition) is 7. The fourth-order valence-corrected chi connectivity index (χ4v) is 5.38. The highest BCUT2D eigenvalue weighted by Gasteiger charge is 2.45. The second kappa shape index (κ2) is 11.2. The van der Waals surface area contributed by atoms with Gasteiger partial charge in [-0.2, -0.15) is 0 Å². The molecule has 0 radical (unpaired) electrons. The normalized spacial score (nSPS) is 16.3. The van der Waals surface area contributed by atoms with E-state index in [0.717, 1.165) is 27.5 Å². The highest BCUT2D eigenvalue weighted by atomic mass is 16.6. The number of ether oxygens (including phenoxy) is 3. The Bertz CT molecular complexity index is 1690. The summed E-state index contributed by atoms with van der Waals surface area (Å²) in [4.78, 5) is 36.9. The van der Waals surface area contributed by atoms with Crippen LogP contribution in [-0.2, 0) is 27.1 Å². The van der Waals surface area contributed by atoms with Crippen molar-refractivity contribution < 1.29 is 28.7 Å². The zero-order valence-corrected chi connectivity index (χ0v) is 23.9. The van der Waals surface area contributed by atoms with Gasteiger partial charge in [-0.1, -0.05) is 48.5 Å². The molecule has 5 rings (SSSR count). The van der Waals surface area contributed by atoms with Gasteiger partial charge in [-0.05, 0) is 79.3 Å². The van der Waals surface area contributed by atoms with Crippen molar-refractivity contribution in [2.45, 2.75) is 51.2 Å². The van der Waals surface area contributed by atoms with Gasteiger partial charge in [-0.3, -0.25) is 10.1 Å². The first-order valence-electron chi connectivity index (χ1n) is 13.6. The van der Waals surface area contributed by atoms with Crippen LogP contribution in [0.3, 0.4) is 0 Å². The summed E-state index contributed by atoms with van der Waals surface area (Å²) in [5.74, 6) is 0.375. The molecule has 1 amide bonds. The molecule has 0 aliphatic heterocycles. The van der Waals surface area contributed by atoms with Gasteiger partial charge in [-0.15, -0.1) is 0 Å². The molecule has 9 nitrogen and oxygen atoms in total. The number of non-ortho nitro benzene ring substituents is 1. The van der Waals surface area contributed by atoms with E-state index in [4.69, 9.17) is 14.2 Å². The van der Waals surface area contributed by atoms with Gasteiger partial charge in [0.25, 0.3) is 5.69 Å². The van der Waals surface area contributed by atoms with E-state index in [1.54, 1.807) is 26.8 Å². The van der Waals surface area contributed by atoms with Gasteiger partial charge in [0.2, 0.25) is 0 Å². The fourth-order valence-electron chi connectivity index (χ4n) is 5.38. The van der Waals surface area contributed by atoms with Gasteiger partial charge < -0.3 is 19.5 Å². The van der Waals surface area contributed by atoms with Crippen LogP contribution in [0.25, 0.3) is 21.9 Å². The summed E-state index contributed by atoms with van der Waals surface area (Å²) in [6.45, 7) is 5.26. The smallest absolute Gasteiger partial charge is 0.408 e. The third kappa shape index (κ3) is 5.90. The fraction of sp³-hybridized carbons (Fsp3) is 0.273. The van der Waals surface area contributed by atoms with Gasteiger partial charge >= 0.3 is 12.1 Å². The first-order valence-corrected chi connectivity index (χ1v) is 13.6. The number of hydrogen-bond donors (Lipinski definition) is 1. The summed E-state index contributed by atoms with van der Waals surface area (Å²) in [5.41, 5.74) is 1.13. The largest absolute Gasteiger partial charge is 0.467 e. The van der Waals surface area contributed by atoms with Crippen molar-refractivity contribution in [1.29, 1.82) is 0 Å². The summed E-state index contributed by atoms with van der Waals surface area (Å²) in [5, 5.41) is 16.4. The van der Waals surface area contributed by atoms with Crippen LogP contribution in [0.4, 0.5) is 10.5 Å². The highest BCUT2D eigenvalue weighted by molar-refractivity contribution is 5.98. The molecule has 4 aromatic carbocycles. The van der Waals surface area contributed by atoms with Crippen molar-refractivity contribution in [3.8, 4) is 22.6 Å². The Hall–Kier alpha value is -4.92. The zero-order valence-electron chi connectivity index (χ0n) is 23.9. The number of aryl methyl sites for hydroxylation is 1. The van der Waals surface area contributed by atoms with E-state index in [1.165, 1.54) is 19.2 Å². The number of carbonyl (C=O) groups is 2. The lowest BCUT2D eigenvalue weighted by Gasteiger charge is -2.36. The third-order valence-corrected chi connectivity index (χ3v) is 7.29. The van der Waals surface area contributed by atoms with E-state index >= 15 is 0 Å². The van der Waals surface area contributed by atoms with E-state index < -0.39 is 28.1 Å². The van der Waals surface area contributed by atoms with Crippen LogP contribution >= 0.6 is 0 Å². The zero-order chi connectivity index (χ0) is 30.1. The molecular formula is C33H32N2O7. The van der Waals surface area contributed by atoms with E-state index in [-0.39, 0.29) is 12.1 Å². The lowest BCUT2D eigenvalue weighted by Crippen LogP contribution is -2.59. The van der Waals surface area contributed by atoms with Crippen LogP contribution in [0, 0.1) is 10.1 Å². The number of benzene rings is 4. The predicted octanol–water partition coefficient (Wildman–Crippen LogP) is 7.13. The molecule has 0 bridgehead atoms. The Morgan fingerprint density at radius 1 is 0.929 bits per heavy atom. The summed E-state index contributed by atoms with van der Waals surface area (Å²) in [6.07, 6.45) is 0.357. The SMILES string of the molecule is COC(=O)C1(NC(=O)OC(C)(C)C)CCc2ccc(Oc3ccc([N+](=O)[O-])cc3-c3cccc4ccccc34)cc2C1. The van der Waals surface area contributed by atoms with Gasteiger partial charge in [0, 0.05) is 24.1 Å². The van der Waals surface area contributed by atoms with Crippen molar-refractivity contribution in [2.24, 2.45) is 0 Å². The Balaban J connectivity index is 1.51. The molecule has 9 heteroatoms. The van der Waals surface area contributed by atoms with Gasteiger partial charge in [0.05, 0.1) is 12.0 Å². The minimum absolute atomic E-state index is 0.0493. The number of amides is 1. The predicted molar refractivity (Wildman–Crippen MR) is 159 cm³/mol. The minimum atomic E-state index is -1.30. The second-order valence-electron chi connectivity index (χ2n) is 11.4. The molecule has 0 saturated carbocycles. The summed E-state index contributed by atoms with van der Waals surface area (Å²) in [7, 11) is 1.29. The molecule has 1 aliphatic rings. The number of carbonyl (C=O) groups excluding carboxylic acids is 2. The quantitative estimate of drug-likeness (QED) is 0.149. The molecule has 0 saturated heterocycles. The molecule has 42 heavy (non-hydrogen) atoms. The molecule has 1 unspecified atom stereocenters. The summed E-state index contributed by atoms with van der Waals surface area (Å²) >= 11 is 0. The third-order valence-electron chi connectivity index (χ3n) is 7.29. The number of nitro benzene ring substituents is 1. The Kier molecular flexibility index (Phi) is 7.60. The van der Waals surface area contributed by atoms with Crippen LogP contribution in [0.1, 0.15) is 38.3 Å². The standard InChI is InChI=1S/C33H32N2O7/c1-32(2,3)42-31(37)34-33(30(36)40-4)17-16-21-12-14-25(18-23(21)20-33)41-29-15-13-24(35(38)39)19-28(29)27-11-7-9-22-8-5-6-10-26(22)27/h5-15,18-19H,16-17,20H2,1-4H3,(H,34,37). The number of methoxy groups -OCH3 is 1. The summed E-state index contributed by atoms with van der Waals surface area (Å²) < 4.78 is 16.9. The molecule has 1 atom stereocenters. The van der Waals surface area contributed by atoms with Gasteiger partial charge in [0.1, 0.15) is 22.6 Å². The van der Waals surface area contributed by atoms with Crippen LogP contribution in [0.15, 0.2) is 78.9 Å². The Morgan fingerprint density at radius 3 is 2.43 bits per heavy atom. The van der Waals surface area contributed by atoms with E-state index in [9.17, 15) is 19.7 Å². The molecular weight excluding hydrogens is 536 g/mol. The average Bonchev–Trinajstić information content (AvgIpc) is 2.95. The maximum absolute atomic E-state index is 13.0. The van der Waals surface area contributed by atoms with Gasteiger partial charge in [0.15, 0.2) is 0 Å². The van der Waals surface area contributed by atoms with Crippen molar-refractivity contribution in [2.75, 3.05) is 7.11 Å². The molecule has 1 N–H and O–H groups in total. The van der Waals surface area contributed by atoms with Crippen molar-refractivity contribution in [3.05, 3.63) is 100 Å². The van der Waals surface area contributed by atoms with Crippen molar-refractivity contribution >= 4 is 28.5 Å². The first-order chi connectivity index (χ1) is 20.0. The van der Waals surface area contributed by atoms with Gasteiger partial charge in [-0.25, -0.2) is 9.59 Å². The van der Waals surface area contributed by atoms with Crippen molar-refractivity contribution in [1.82, 2.24) is 5.32 Å². The van der Waals surface area contributed by atoms with E-state index in [0.29, 0.717) is 29.9 Å². The lowest BCUT2D eigenvalue weighted by molar-refractivity contribution is -0.384. The monoisotopic (exact) mass is 568 g/mol. The second-order valence-corrected chi connectivity index (χ2v) is 11.4. The number of nitrogens with zero attached hydrogens (tertiary/aromatic N) is 1. The van der Waals surface area contributed by atoms with E-state index in [2.05, 4.69) is 5.32 Å². The first kappa shape index (κ1) is 28.6. The molecule has 0 heterocycles. The van der Waals surface area contributed by atoms with E-state index in [1.807, 2.05) is 60.7 Å². The lowest BCUT2D eigenvalue weighted by atomic mass is 9.78. The topological polar surface area (TPSA) is 117 Å². The number of nitrogens with one attached hydrogen (secondary N) is 1. The molecule has 0 spiro atoms. The molecule has 0 aromatic heterocycles. The Labute approximate surface area is 243 Å². The van der Waals surface area contributed by atoms with Crippen molar-refractivity contribution in [3.63, 3.8) is 0 Å². The number of esters is 1. The maximum Gasteiger partial charge on any atom is 0.408 e. The van der Waals surface area contributed by atoms with Crippen LogP contribution in [0.5, 0.6) is 11.5 Å². The molecule has 1 aliphatic carbocycles. The molecule has 0 fully saturated rings. The Morgan fingerprint density at radius 2 is 1.69 bits per heavy atom. The van der Waals surface area contributed by atoms with Crippen LogP contribution in [-0.4, -0.2) is 35.2 Å². The number of fused-ring (bicyclic) bond motifs is 2. The number of nitro groups is 1. The summed E-state index contributed by atoms with van der Waals surface area (Å²) in [6, 6.07) is 23.7. The van der Waals surface area contributed by atoms with Crippen LogP contribution < -0.4 is 10.1 Å². The highest BCUT2D eigenvalue weighted by Crippen LogP contribution is 2.40. The minimum Gasteiger partial charge on any atom is -0.467 e. The molecule has 216 valence electrons. The molecule has 4 aromatic rings. The average molecular weight is 569 g/mol. The number of alkyl carbamates (subject to hydrolysis) is 1.